The Morgan fingerprint density at radius 1 is 1.58 bits per heavy atom. The second-order valence-corrected chi connectivity index (χ2v) is 4.90. The molecule has 0 bridgehead atoms. The molecule has 0 aromatic rings. The molecule has 1 fully saturated rings. The number of hydrogen-bond acceptors (Lipinski definition) is 1. The predicted molar refractivity (Wildman–Crippen MR) is 52.0 cm³/mol. The second kappa shape index (κ2) is 3.61. The van der Waals surface area contributed by atoms with E-state index in [0.717, 1.165) is 12.3 Å². The highest BCUT2D eigenvalue weighted by Crippen LogP contribution is 2.40. The van der Waals surface area contributed by atoms with E-state index in [9.17, 15) is 0 Å². The van der Waals surface area contributed by atoms with Gasteiger partial charge in [-0.1, -0.05) is 32.4 Å². The zero-order valence-corrected chi connectivity index (χ0v) is 8.43. The fourth-order valence-electron chi connectivity index (χ4n) is 2.51. The van der Waals surface area contributed by atoms with Gasteiger partial charge in [0.15, 0.2) is 0 Å². The molecule has 1 atom stereocenters. The van der Waals surface area contributed by atoms with Crippen molar-refractivity contribution in [3.63, 3.8) is 0 Å². The summed E-state index contributed by atoms with van der Waals surface area (Å²) in [6.07, 6.45) is 5.65. The van der Waals surface area contributed by atoms with Crippen molar-refractivity contribution in [2.45, 2.75) is 40.0 Å². The molecule has 1 heteroatoms. The topological polar surface area (TPSA) is 20.2 Å². The summed E-state index contributed by atoms with van der Waals surface area (Å²) in [5, 5.41) is 8.80. The van der Waals surface area contributed by atoms with Crippen LogP contribution in [-0.2, 0) is 0 Å². The van der Waals surface area contributed by atoms with Crippen LogP contribution in [0.4, 0.5) is 0 Å². The van der Waals surface area contributed by atoms with Crippen LogP contribution in [0, 0.1) is 11.3 Å². The number of allylic oxidation sites excluding steroid dienone is 1. The third-order valence-corrected chi connectivity index (χ3v) is 2.60. The summed E-state index contributed by atoms with van der Waals surface area (Å²) in [7, 11) is 0. The lowest BCUT2D eigenvalue weighted by Crippen LogP contribution is -2.22. The normalized spacial score (nSPS) is 32.3. The monoisotopic (exact) mass is 168 g/mol. The van der Waals surface area contributed by atoms with Gasteiger partial charge in [-0.05, 0) is 30.6 Å². The molecule has 1 unspecified atom stereocenters. The van der Waals surface area contributed by atoms with Gasteiger partial charge in [-0.25, -0.2) is 0 Å². The molecule has 12 heavy (non-hydrogen) atoms. The Hall–Kier alpha value is -0.300. The molecular weight excluding hydrogens is 148 g/mol. The minimum atomic E-state index is 0.206. The Morgan fingerprint density at radius 3 is 2.75 bits per heavy atom. The van der Waals surface area contributed by atoms with Crippen molar-refractivity contribution in [2.75, 3.05) is 6.61 Å². The van der Waals surface area contributed by atoms with Crippen LogP contribution < -0.4 is 0 Å². The van der Waals surface area contributed by atoms with Crippen molar-refractivity contribution < 1.29 is 5.11 Å². The second-order valence-electron chi connectivity index (χ2n) is 4.90. The largest absolute Gasteiger partial charge is 0.392 e. The highest BCUT2D eigenvalue weighted by Gasteiger charge is 2.27. The molecule has 0 aromatic carbocycles. The van der Waals surface area contributed by atoms with E-state index in [2.05, 4.69) is 20.8 Å². The molecule has 1 rings (SSSR count). The van der Waals surface area contributed by atoms with Crippen LogP contribution in [0.1, 0.15) is 40.0 Å². The average molecular weight is 168 g/mol. The fourth-order valence-corrected chi connectivity index (χ4v) is 2.51. The molecule has 0 spiro atoms. The predicted octanol–water partition coefficient (Wildman–Crippen LogP) is 2.75. The summed E-state index contributed by atoms with van der Waals surface area (Å²) < 4.78 is 0. The number of rotatable bonds is 1. The van der Waals surface area contributed by atoms with Gasteiger partial charge in [0.2, 0.25) is 0 Å². The molecule has 1 nitrogen and oxygen atoms in total. The Kier molecular flexibility index (Phi) is 2.94. The molecule has 0 amide bonds. The average Bonchev–Trinajstić information content (AvgIpc) is 1.82. The third kappa shape index (κ3) is 2.63. The van der Waals surface area contributed by atoms with Gasteiger partial charge < -0.3 is 5.11 Å². The minimum absolute atomic E-state index is 0.206. The highest BCUT2D eigenvalue weighted by atomic mass is 16.2. The number of aliphatic hydroxyl groups is 1. The minimum Gasteiger partial charge on any atom is -0.392 e. The summed E-state index contributed by atoms with van der Waals surface area (Å²) in [6, 6.07) is 0. The quantitative estimate of drug-likeness (QED) is 0.597. The summed E-state index contributed by atoms with van der Waals surface area (Å²) in [5.41, 5.74) is 1.89. The zero-order chi connectivity index (χ0) is 9.19. The van der Waals surface area contributed by atoms with Crippen molar-refractivity contribution in [3.05, 3.63) is 11.6 Å². The van der Waals surface area contributed by atoms with Gasteiger partial charge in [0.05, 0.1) is 6.61 Å². The summed E-state index contributed by atoms with van der Waals surface area (Å²) in [5.74, 6) is 0.784. The van der Waals surface area contributed by atoms with Gasteiger partial charge in [-0.3, -0.25) is 0 Å². The Balaban J connectivity index is 2.64. The first-order valence-electron chi connectivity index (χ1n) is 4.82. The lowest BCUT2D eigenvalue weighted by molar-refractivity contribution is 0.232. The fraction of sp³-hybridized carbons (Fsp3) is 0.818. The van der Waals surface area contributed by atoms with Crippen LogP contribution in [0.2, 0.25) is 0 Å². The molecule has 0 saturated heterocycles. The lowest BCUT2D eigenvalue weighted by Gasteiger charge is -2.35. The Labute approximate surface area is 75.5 Å². The van der Waals surface area contributed by atoms with Gasteiger partial charge in [-0.15, -0.1) is 0 Å². The Morgan fingerprint density at radius 2 is 2.25 bits per heavy atom. The van der Waals surface area contributed by atoms with Gasteiger partial charge in [-0.2, -0.15) is 0 Å². The standard InChI is InChI=1S/C11H20O/c1-9-6-10(4-5-12)8-11(2,3)7-9/h4,9,12H,5-8H2,1-3H3/b10-4-. The lowest BCUT2D eigenvalue weighted by atomic mass is 9.70. The van der Waals surface area contributed by atoms with Gasteiger partial charge in [0.25, 0.3) is 0 Å². The number of aliphatic hydroxyl groups excluding tert-OH is 1. The Bertz CT molecular complexity index is 179. The van der Waals surface area contributed by atoms with E-state index in [4.69, 9.17) is 5.11 Å². The van der Waals surface area contributed by atoms with Crippen LogP contribution in [0.3, 0.4) is 0 Å². The SMILES string of the molecule is CC1C/C(=C/CO)CC(C)(C)C1. The van der Waals surface area contributed by atoms with Crippen LogP contribution in [-0.4, -0.2) is 11.7 Å². The molecule has 1 saturated carbocycles. The van der Waals surface area contributed by atoms with Crippen molar-refractivity contribution >= 4 is 0 Å². The van der Waals surface area contributed by atoms with Crippen LogP contribution >= 0.6 is 0 Å². The maximum atomic E-state index is 8.80. The smallest absolute Gasteiger partial charge is 0.0615 e. The summed E-state index contributed by atoms with van der Waals surface area (Å²) >= 11 is 0. The molecular formula is C11H20O. The molecule has 0 heterocycles. The van der Waals surface area contributed by atoms with Crippen LogP contribution in [0.5, 0.6) is 0 Å². The number of hydrogen-bond donors (Lipinski definition) is 1. The van der Waals surface area contributed by atoms with E-state index in [1.807, 2.05) is 6.08 Å². The molecule has 70 valence electrons. The zero-order valence-electron chi connectivity index (χ0n) is 8.43. The summed E-state index contributed by atoms with van der Waals surface area (Å²) in [4.78, 5) is 0. The maximum Gasteiger partial charge on any atom is 0.0615 e. The van der Waals surface area contributed by atoms with Crippen molar-refractivity contribution in [1.82, 2.24) is 0 Å². The van der Waals surface area contributed by atoms with E-state index >= 15 is 0 Å². The molecule has 1 aliphatic rings. The van der Waals surface area contributed by atoms with E-state index < -0.39 is 0 Å². The van der Waals surface area contributed by atoms with E-state index in [-0.39, 0.29) is 6.61 Å². The van der Waals surface area contributed by atoms with E-state index in [1.54, 1.807) is 0 Å². The maximum absolute atomic E-state index is 8.80. The van der Waals surface area contributed by atoms with E-state index in [1.165, 1.54) is 18.4 Å². The van der Waals surface area contributed by atoms with Gasteiger partial charge >= 0.3 is 0 Å². The van der Waals surface area contributed by atoms with Gasteiger partial charge in [0.1, 0.15) is 0 Å². The molecule has 0 aromatic heterocycles. The summed E-state index contributed by atoms with van der Waals surface area (Å²) in [6.45, 7) is 7.13. The van der Waals surface area contributed by atoms with Crippen molar-refractivity contribution in [2.24, 2.45) is 11.3 Å². The first-order valence-corrected chi connectivity index (χ1v) is 4.82. The first-order chi connectivity index (χ1) is 5.53. The van der Waals surface area contributed by atoms with Crippen molar-refractivity contribution in [1.29, 1.82) is 0 Å². The van der Waals surface area contributed by atoms with Crippen LogP contribution in [0.15, 0.2) is 11.6 Å². The molecule has 0 radical (unpaired) electrons. The van der Waals surface area contributed by atoms with Crippen molar-refractivity contribution in [3.8, 4) is 0 Å². The third-order valence-electron chi connectivity index (χ3n) is 2.60. The van der Waals surface area contributed by atoms with Crippen LogP contribution in [0.25, 0.3) is 0 Å². The molecule has 1 N–H and O–H groups in total. The highest BCUT2D eigenvalue weighted by molar-refractivity contribution is 5.09. The van der Waals surface area contributed by atoms with Gasteiger partial charge in [0, 0.05) is 0 Å². The first kappa shape index (κ1) is 9.79. The van der Waals surface area contributed by atoms with E-state index in [0.29, 0.717) is 5.41 Å². The molecule has 1 aliphatic carbocycles. The molecule has 0 aliphatic heterocycles.